The number of carbonyl (C=O) groups excluding carboxylic acids is 3. The Morgan fingerprint density at radius 2 is 1.62 bits per heavy atom. The number of rotatable bonds is 7. The number of hydrogen-bond acceptors (Lipinski definition) is 9. The Labute approximate surface area is 281 Å². The zero-order valence-electron chi connectivity index (χ0n) is 24.9. The molecule has 1 aromatic heterocycles. The fourth-order valence-electron chi connectivity index (χ4n) is 8.08. The van der Waals surface area contributed by atoms with Gasteiger partial charge in [-0.3, -0.25) is 24.1 Å². The summed E-state index contributed by atoms with van der Waals surface area (Å²) in [5.74, 6) is -2.18. The number of anilines is 2. The first-order valence-corrected chi connectivity index (χ1v) is 18.4. The minimum Gasteiger partial charge on any atom is -0.484 e. The van der Waals surface area contributed by atoms with E-state index in [4.69, 9.17) is 9.88 Å². The third-order valence-corrected chi connectivity index (χ3v) is 13.4. The molecule has 4 aliphatic rings. The number of primary sulfonamides is 1. The second-order valence-electron chi connectivity index (χ2n) is 12.4. The lowest BCUT2D eigenvalue weighted by Crippen LogP contribution is -2.42. The molecule has 2 aliphatic heterocycles. The number of ether oxygens (including phenoxy) is 1. The molecule has 7 atom stereocenters. The summed E-state index contributed by atoms with van der Waals surface area (Å²) in [6, 6.07) is 18.2. The van der Waals surface area contributed by atoms with E-state index in [2.05, 4.69) is 10.3 Å². The molecule has 0 radical (unpaired) electrons. The fourth-order valence-corrected chi connectivity index (χ4v) is 11.5. The Morgan fingerprint density at radius 1 is 0.958 bits per heavy atom. The predicted octanol–water partition coefficient (Wildman–Crippen LogP) is 3.92. The molecule has 3 fully saturated rings. The second-order valence-corrected chi connectivity index (χ2v) is 16.2. The van der Waals surface area contributed by atoms with Crippen molar-refractivity contribution in [3.05, 3.63) is 98.7 Å². The molecule has 2 aliphatic carbocycles. The van der Waals surface area contributed by atoms with Crippen LogP contribution in [0.3, 0.4) is 0 Å². The lowest BCUT2D eigenvalue weighted by Gasteiger charge is -2.43. The summed E-state index contributed by atoms with van der Waals surface area (Å²) in [4.78, 5) is 57.5. The number of amides is 3. The van der Waals surface area contributed by atoms with Crippen molar-refractivity contribution in [2.45, 2.75) is 27.5 Å². The van der Waals surface area contributed by atoms with Gasteiger partial charge < -0.3 is 15.0 Å². The van der Waals surface area contributed by atoms with Gasteiger partial charge in [0.15, 0.2) is 6.61 Å². The number of imide groups is 1. The summed E-state index contributed by atoms with van der Waals surface area (Å²) >= 11 is 2.76. The minimum atomic E-state index is -3.85. The molecular weight excluding hydrogens is 680 g/mol. The first-order chi connectivity index (χ1) is 23.0. The van der Waals surface area contributed by atoms with Crippen molar-refractivity contribution >= 4 is 62.2 Å². The number of thiazole rings is 1. The average molecular weight is 707 g/mol. The van der Waals surface area contributed by atoms with Crippen LogP contribution in [0.15, 0.2) is 87.5 Å². The highest BCUT2D eigenvalue weighted by molar-refractivity contribution is 8.00. The number of halogens is 1. The Balaban J connectivity index is 1.02. The molecule has 0 unspecified atom stereocenters. The molecule has 3 heterocycles. The minimum absolute atomic E-state index is 0.00307. The summed E-state index contributed by atoms with van der Waals surface area (Å²) in [5, 5.41) is 8.57. The van der Waals surface area contributed by atoms with Gasteiger partial charge in [0.1, 0.15) is 11.6 Å². The number of nitrogens with one attached hydrogen (secondary N) is 2. The van der Waals surface area contributed by atoms with Crippen molar-refractivity contribution < 1.29 is 31.9 Å². The van der Waals surface area contributed by atoms with Gasteiger partial charge >= 0.3 is 4.87 Å². The lowest BCUT2D eigenvalue weighted by molar-refractivity contribution is -0.123. The Hall–Kier alpha value is -4.31. The molecule has 3 amide bonds. The number of carbonyl (C=O) groups is 3. The summed E-state index contributed by atoms with van der Waals surface area (Å²) in [6.45, 7) is -0.294. The molecule has 2 bridgehead atoms. The Bertz CT molecular complexity index is 2130. The van der Waals surface area contributed by atoms with Crippen molar-refractivity contribution in [1.29, 1.82) is 0 Å². The van der Waals surface area contributed by atoms with Crippen molar-refractivity contribution in [2.24, 2.45) is 34.7 Å². The number of benzene rings is 3. The second kappa shape index (κ2) is 11.4. The fraction of sp³-hybridized carbons (Fsp3) is 0.273. The third-order valence-electron chi connectivity index (χ3n) is 9.88. The van der Waals surface area contributed by atoms with Crippen molar-refractivity contribution in [3.63, 3.8) is 0 Å². The first kappa shape index (κ1) is 31.0. The van der Waals surface area contributed by atoms with Crippen LogP contribution in [0, 0.1) is 35.4 Å². The molecule has 0 spiro atoms. The molecule has 246 valence electrons. The van der Waals surface area contributed by atoms with E-state index in [-0.39, 0.29) is 57.1 Å². The molecule has 2 saturated carbocycles. The van der Waals surface area contributed by atoms with Crippen LogP contribution in [0.2, 0.25) is 0 Å². The van der Waals surface area contributed by atoms with Crippen LogP contribution in [0.4, 0.5) is 15.8 Å². The SMILES string of the molecule is NS(=O)(=O)c1ccc(NC(=O)COc2ccc([C@@H]3c4sc(=O)[nH]c4S[C@@H]4[C@@H]5C[C@@H]([C@@H]6C(=O)N(c7ccc(F)cc7)C(=O)[C@@H]56)[C@H]34)cc2)cc1. The van der Waals surface area contributed by atoms with Gasteiger partial charge in [-0.15, -0.1) is 11.8 Å². The smallest absolute Gasteiger partial charge is 0.305 e. The van der Waals surface area contributed by atoms with E-state index < -0.39 is 33.6 Å². The summed E-state index contributed by atoms with van der Waals surface area (Å²) in [7, 11) is -3.85. The number of H-pyrrole nitrogens is 1. The number of thioether (sulfide) groups is 1. The molecule has 11 nitrogen and oxygen atoms in total. The highest BCUT2D eigenvalue weighted by Gasteiger charge is 2.69. The zero-order chi connectivity index (χ0) is 33.5. The number of hydrogen-bond donors (Lipinski definition) is 3. The molecule has 15 heteroatoms. The van der Waals surface area contributed by atoms with Crippen LogP contribution in [-0.4, -0.2) is 43.0 Å². The zero-order valence-corrected chi connectivity index (χ0v) is 27.3. The van der Waals surface area contributed by atoms with E-state index in [0.29, 0.717) is 17.1 Å². The molecule has 1 saturated heterocycles. The summed E-state index contributed by atoms with van der Waals surface area (Å²) in [5.41, 5.74) is 1.69. The summed E-state index contributed by atoms with van der Waals surface area (Å²) in [6.07, 6.45) is 0.739. The van der Waals surface area contributed by atoms with Gasteiger partial charge in [0, 0.05) is 21.7 Å². The van der Waals surface area contributed by atoms with E-state index in [1.54, 1.807) is 23.9 Å². The standard InChI is InChI=1S/C33H27FN4O7S3/c34-16-3-7-18(8-4-16)38-31(40)26-21-13-22(27(26)32(38)41)28-25(21)24(29-30(46-28)37-33(42)47-29)15-1-9-19(10-2-15)45-14-23(39)36-17-5-11-20(12-6-17)48(35,43)44/h1-12,21-22,24-28H,13-14H2,(H,36,39)(H,37,42)(H2,35,43,44)/t21-,22-,24+,25-,26+,27+,28-/m1/s1. The third kappa shape index (κ3) is 5.07. The van der Waals surface area contributed by atoms with Gasteiger partial charge in [0.2, 0.25) is 21.8 Å². The topological polar surface area (TPSA) is 169 Å². The highest BCUT2D eigenvalue weighted by Crippen LogP contribution is 2.68. The predicted molar refractivity (Wildman–Crippen MR) is 176 cm³/mol. The van der Waals surface area contributed by atoms with Crippen LogP contribution in [0.1, 0.15) is 22.8 Å². The highest BCUT2D eigenvalue weighted by atomic mass is 32.2. The molecule has 3 aromatic carbocycles. The maximum atomic E-state index is 13.9. The van der Waals surface area contributed by atoms with Crippen LogP contribution in [0.25, 0.3) is 0 Å². The van der Waals surface area contributed by atoms with E-state index in [0.717, 1.165) is 33.2 Å². The Kier molecular flexibility index (Phi) is 7.36. The number of nitrogens with zero attached hydrogens (tertiary/aromatic N) is 1. The maximum absolute atomic E-state index is 13.9. The molecule has 4 aromatic rings. The molecular formula is C33H27FN4O7S3. The van der Waals surface area contributed by atoms with Crippen LogP contribution in [0.5, 0.6) is 5.75 Å². The van der Waals surface area contributed by atoms with Crippen molar-refractivity contribution in [2.75, 3.05) is 16.8 Å². The quantitative estimate of drug-likeness (QED) is 0.243. The van der Waals surface area contributed by atoms with Gasteiger partial charge in [0.05, 0.1) is 27.4 Å². The van der Waals surface area contributed by atoms with E-state index in [1.165, 1.54) is 53.4 Å². The number of sulfonamides is 1. The number of fused-ring (bicyclic) bond motifs is 9. The largest absolute Gasteiger partial charge is 0.484 e. The van der Waals surface area contributed by atoms with Gasteiger partial charge in [0.25, 0.3) is 5.91 Å². The van der Waals surface area contributed by atoms with E-state index >= 15 is 0 Å². The average Bonchev–Trinajstić information content (AvgIpc) is 3.79. The van der Waals surface area contributed by atoms with Crippen LogP contribution < -0.4 is 25.0 Å². The van der Waals surface area contributed by atoms with E-state index in [1.807, 2.05) is 12.1 Å². The van der Waals surface area contributed by atoms with E-state index in [9.17, 15) is 32.0 Å². The summed E-state index contributed by atoms with van der Waals surface area (Å²) < 4.78 is 42.3. The molecule has 4 N–H and O–H groups in total. The normalized spacial score (nSPS) is 27.0. The Morgan fingerprint density at radius 3 is 2.29 bits per heavy atom. The van der Waals surface area contributed by atoms with Crippen molar-refractivity contribution in [3.8, 4) is 5.75 Å². The van der Waals surface area contributed by atoms with Gasteiger partial charge in [-0.2, -0.15) is 0 Å². The van der Waals surface area contributed by atoms with Crippen LogP contribution >= 0.6 is 23.1 Å². The molecule has 8 rings (SSSR count). The lowest BCUT2D eigenvalue weighted by atomic mass is 9.68. The number of aromatic amines is 1. The number of aromatic nitrogens is 1. The van der Waals surface area contributed by atoms with Gasteiger partial charge in [-0.25, -0.2) is 17.9 Å². The maximum Gasteiger partial charge on any atom is 0.305 e. The first-order valence-electron chi connectivity index (χ1n) is 15.2. The molecule has 48 heavy (non-hydrogen) atoms. The van der Waals surface area contributed by atoms with Gasteiger partial charge in [-0.1, -0.05) is 23.5 Å². The number of nitrogens with two attached hydrogens (primary N) is 1. The van der Waals surface area contributed by atoms with Crippen LogP contribution in [-0.2, 0) is 24.4 Å². The van der Waals surface area contributed by atoms with Crippen molar-refractivity contribution in [1.82, 2.24) is 4.98 Å². The monoisotopic (exact) mass is 706 g/mol. The van der Waals surface area contributed by atoms with Gasteiger partial charge in [-0.05, 0) is 90.4 Å².